The number of nitrogens with zero attached hydrogens (tertiary/aromatic N) is 2. The first kappa shape index (κ1) is 11.3. The van der Waals surface area contributed by atoms with Gasteiger partial charge in [-0.25, -0.2) is 4.39 Å². The number of halogens is 2. The third-order valence-corrected chi connectivity index (χ3v) is 2.96. The minimum atomic E-state index is -0.462. The first-order chi connectivity index (χ1) is 7.65. The molecule has 0 amide bonds. The summed E-state index contributed by atoms with van der Waals surface area (Å²) in [6, 6.07) is 4.61. The molecule has 1 aromatic carbocycles. The van der Waals surface area contributed by atoms with Crippen molar-refractivity contribution in [3.63, 3.8) is 0 Å². The summed E-state index contributed by atoms with van der Waals surface area (Å²) in [7, 11) is 0. The first-order valence-corrected chi connectivity index (χ1v) is 5.53. The summed E-state index contributed by atoms with van der Waals surface area (Å²) in [5, 5.41) is 6.78. The molecule has 1 heterocycles. The van der Waals surface area contributed by atoms with Gasteiger partial charge in [0.1, 0.15) is 5.82 Å². The maximum Gasteiger partial charge on any atom is 0.195 e. The number of rotatable bonds is 2. The van der Waals surface area contributed by atoms with E-state index in [9.17, 15) is 4.39 Å². The Bertz CT molecular complexity index is 576. The Hall–Kier alpha value is -1.20. The highest BCUT2D eigenvalue weighted by molar-refractivity contribution is 7.71. The predicted octanol–water partition coefficient (Wildman–Crippen LogP) is 3.42. The summed E-state index contributed by atoms with van der Waals surface area (Å²) in [4.78, 5) is 0. The number of benzene rings is 1. The SMILES string of the molecule is CCn1c(-c2cccc(F)c2Cl)n[nH]c1=S. The molecule has 0 fully saturated rings. The smallest absolute Gasteiger partial charge is 0.195 e. The average Bonchev–Trinajstić information content (AvgIpc) is 2.63. The number of H-pyrrole nitrogens is 1. The molecule has 0 spiro atoms. The van der Waals surface area contributed by atoms with E-state index in [1.165, 1.54) is 6.07 Å². The fourth-order valence-corrected chi connectivity index (χ4v) is 1.96. The summed E-state index contributed by atoms with van der Waals surface area (Å²) in [5.41, 5.74) is 0.538. The molecule has 0 unspecified atom stereocenters. The summed E-state index contributed by atoms with van der Waals surface area (Å²) >= 11 is 10.9. The molecule has 1 N–H and O–H groups in total. The molecular weight excluding hydrogens is 249 g/mol. The van der Waals surface area contributed by atoms with E-state index in [2.05, 4.69) is 10.2 Å². The molecule has 0 aliphatic rings. The first-order valence-electron chi connectivity index (χ1n) is 4.74. The van der Waals surface area contributed by atoms with Gasteiger partial charge in [0.2, 0.25) is 0 Å². The number of aromatic amines is 1. The van der Waals surface area contributed by atoms with Gasteiger partial charge in [-0.15, -0.1) is 0 Å². The lowest BCUT2D eigenvalue weighted by Gasteiger charge is -2.05. The van der Waals surface area contributed by atoms with Crippen LogP contribution in [-0.2, 0) is 6.54 Å². The fourth-order valence-electron chi connectivity index (χ4n) is 1.49. The molecule has 2 rings (SSSR count). The van der Waals surface area contributed by atoms with Gasteiger partial charge in [-0.1, -0.05) is 17.7 Å². The Kier molecular flexibility index (Phi) is 3.07. The average molecular weight is 258 g/mol. The van der Waals surface area contributed by atoms with E-state index < -0.39 is 5.82 Å². The monoisotopic (exact) mass is 257 g/mol. The van der Waals surface area contributed by atoms with Crippen LogP contribution < -0.4 is 0 Å². The number of nitrogens with one attached hydrogen (secondary N) is 1. The Morgan fingerprint density at radius 1 is 1.56 bits per heavy atom. The summed E-state index contributed by atoms with van der Waals surface area (Å²) < 4.78 is 15.6. The lowest BCUT2D eigenvalue weighted by molar-refractivity contribution is 0.628. The van der Waals surface area contributed by atoms with Crippen molar-refractivity contribution in [2.24, 2.45) is 0 Å². The van der Waals surface area contributed by atoms with E-state index in [1.54, 1.807) is 16.7 Å². The molecular formula is C10H9ClFN3S. The second-order valence-electron chi connectivity index (χ2n) is 3.20. The zero-order valence-electron chi connectivity index (χ0n) is 8.50. The topological polar surface area (TPSA) is 33.6 Å². The second-order valence-corrected chi connectivity index (χ2v) is 3.96. The van der Waals surface area contributed by atoms with Crippen LogP contribution in [0.5, 0.6) is 0 Å². The highest BCUT2D eigenvalue weighted by Gasteiger charge is 2.13. The van der Waals surface area contributed by atoms with Crippen LogP contribution >= 0.6 is 23.8 Å². The Morgan fingerprint density at radius 2 is 2.31 bits per heavy atom. The van der Waals surface area contributed by atoms with Crippen LogP contribution in [0.25, 0.3) is 11.4 Å². The van der Waals surface area contributed by atoms with Crippen LogP contribution in [-0.4, -0.2) is 14.8 Å². The van der Waals surface area contributed by atoms with Gasteiger partial charge in [0.15, 0.2) is 10.6 Å². The minimum absolute atomic E-state index is 0.0613. The summed E-state index contributed by atoms with van der Waals surface area (Å²) in [6.07, 6.45) is 0. The molecule has 1 aromatic heterocycles. The zero-order valence-corrected chi connectivity index (χ0v) is 10.1. The second kappa shape index (κ2) is 4.35. The van der Waals surface area contributed by atoms with Crippen molar-refractivity contribution < 1.29 is 4.39 Å². The standard InChI is InChI=1S/C10H9ClFN3S/c1-2-15-9(13-14-10(15)16)6-4-3-5-7(12)8(6)11/h3-5H,2H2,1H3,(H,14,16). The number of aromatic nitrogens is 3. The summed E-state index contributed by atoms with van der Waals surface area (Å²) in [5.74, 6) is 0.0905. The van der Waals surface area contributed by atoms with E-state index in [-0.39, 0.29) is 5.02 Å². The Morgan fingerprint density at radius 3 is 3.00 bits per heavy atom. The lowest BCUT2D eigenvalue weighted by Crippen LogP contribution is -1.98. The van der Waals surface area contributed by atoms with Crippen LogP contribution in [0, 0.1) is 10.6 Å². The number of hydrogen-bond donors (Lipinski definition) is 1. The van der Waals surface area contributed by atoms with Crippen LogP contribution in [0.1, 0.15) is 6.92 Å². The third-order valence-electron chi connectivity index (χ3n) is 2.27. The maximum atomic E-state index is 13.3. The van der Waals surface area contributed by atoms with Gasteiger partial charge in [0.25, 0.3) is 0 Å². The van der Waals surface area contributed by atoms with Crippen molar-refractivity contribution in [1.82, 2.24) is 14.8 Å². The van der Waals surface area contributed by atoms with Gasteiger partial charge in [0, 0.05) is 12.1 Å². The van der Waals surface area contributed by atoms with Gasteiger partial charge in [-0.2, -0.15) is 5.10 Å². The van der Waals surface area contributed by atoms with Gasteiger partial charge in [-0.3, -0.25) is 5.10 Å². The molecule has 0 aliphatic carbocycles. The van der Waals surface area contributed by atoms with Crippen molar-refractivity contribution in [3.05, 3.63) is 33.8 Å². The maximum absolute atomic E-state index is 13.3. The molecule has 0 saturated carbocycles. The molecule has 2 aromatic rings. The van der Waals surface area contributed by atoms with Crippen LogP contribution in [0.2, 0.25) is 5.02 Å². The predicted molar refractivity (Wildman–Crippen MR) is 63.5 cm³/mol. The highest BCUT2D eigenvalue weighted by atomic mass is 35.5. The van der Waals surface area contributed by atoms with Gasteiger partial charge in [-0.05, 0) is 31.3 Å². The zero-order chi connectivity index (χ0) is 11.7. The molecule has 0 saturated heterocycles. The van der Waals surface area contributed by atoms with Crippen molar-refractivity contribution in [1.29, 1.82) is 0 Å². The van der Waals surface area contributed by atoms with Crippen molar-refractivity contribution in [2.45, 2.75) is 13.5 Å². The van der Waals surface area contributed by atoms with E-state index >= 15 is 0 Å². The molecule has 0 atom stereocenters. The molecule has 0 bridgehead atoms. The van der Waals surface area contributed by atoms with E-state index in [0.717, 1.165) is 0 Å². The molecule has 84 valence electrons. The Labute approximate surface area is 102 Å². The quantitative estimate of drug-likeness (QED) is 0.837. The lowest BCUT2D eigenvalue weighted by atomic mass is 10.2. The van der Waals surface area contributed by atoms with Gasteiger partial charge < -0.3 is 4.57 Å². The molecule has 3 nitrogen and oxygen atoms in total. The third kappa shape index (κ3) is 1.76. The van der Waals surface area contributed by atoms with E-state index in [0.29, 0.717) is 22.7 Å². The number of hydrogen-bond acceptors (Lipinski definition) is 2. The molecule has 6 heteroatoms. The normalized spacial score (nSPS) is 10.7. The highest BCUT2D eigenvalue weighted by Crippen LogP contribution is 2.28. The summed E-state index contributed by atoms with van der Waals surface area (Å²) in [6.45, 7) is 2.58. The Balaban J connectivity index is 2.68. The van der Waals surface area contributed by atoms with Gasteiger partial charge in [0.05, 0.1) is 5.02 Å². The van der Waals surface area contributed by atoms with Crippen molar-refractivity contribution in [3.8, 4) is 11.4 Å². The molecule has 0 radical (unpaired) electrons. The van der Waals surface area contributed by atoms with Crippen molar-refractivity contribution in [2.75, 3.05) is 0 Å². The van der Waals surface area contributed by atoms with E-state index in [4.69, 9.17) is 23.8 Å². The van der Waals surface area contributed by atoms with Crippen LogP contribution in [0.15, 0.2) is 18.2 Å². The van der Waals surface area contributed by atoms with Crippen LogP contribution in [0.4, 0.5) is 4.39 Å². The van der Waals surface area contributed by atoms with Crippen molar-refractivity contribution >= 4 is 23.8 Å². The largest absolute Gasteiger partial charge is 0.300 e. The van der Waals surface area contributed by atoms with Crippen LogP contribution in [0.3, 0.4) is 0 Å². The fraction of sp³-hybridized carbons (Fsp3) is 0.200. The molecule has 16 heavy (non-hydrogen) atoms. The van der Waals surface area contributed by atoms with E-state index in [1.807, 2.05) is 6.92 Å². The molecule has 0 aliphatic heterocycles. The van der Waals surface area contributed by atoms with Gasteiger partial charge >= 0.3 is 0 Å². The minimum Gasteiger partial charge on any atom is -0.300 e.